The van der Waals surface area contributed by atoms with Crippen molar-refractivity contribution in [3.63, 3.8) is 0 Å². The van der Waals surface area contributed by atoms with Crippen LogP contribution in [-0.4, -0.2) is 17.6 Å². The number of amides is 2. The van der Waals surface area contributed by atoms with Gasteiger partial charge in [0.05, 0.1) is 45.9 Å². The molecule has 1 atom stereocenters. The molecular weight excluding hydrogens is 538 g/mol. The number of carbonyl (C=O) groups is 2. The third kappa shape index (κ3) is 6.17. The first-order chi connectivity index (χ1) is 17.8. The number of nitrogens with one attached hydrogen (secondary N) is 3. The first-order valence-corrected chi connectivity index (χ1v) is 12.6. The fourth-order valence-corrected chi connectivity index (χ4v) is 5.20. The van der Waals surface area contributed by atoms with E-state index in [-0.39, 0.29) is 28.5 Å². The number of dihydropyridines is 1. The van der Waals surface area contributed by atoms with Crippen LogP contribution in [0.2, 0.25) is 10.0 Å². The molecule has 0 aliphatic carbocycles. The van der Waals surface area contributed by atoms with Gasteiger partial charge in [-0.15, -0.1) is 0 Å². The van der Waals surface area contributed by atoms with Gasteiger partial charge in [0, 0.05) is 21.4 Å². The number of nitriles is 1. The standard InChI is InChI=1S/C26H19Cl2FN4O3S/c1-14-23(25(35)33-20-6-3-2-5-19(20)29)24(21-7-4-8-36-21)18(12-30)26(31-14)37-13-22(34)32-17-10-15(27)9-16(28)11-17/h2-11,24,31H,13H2,1H3,(H,32,34)(H,33,35)/t24-/m0/s1. The van der Waals surface area contributed by atoms with E-state index in [1.807, 2.05) is 0 Å². The molecule has 2 aromatic carbocycles. The summed E-state index contributed by atoms with van der Waals surface area (Å²) in [6.07, 6.45) is 1.43. The van der Waals surface area contributed by atoms with E-state index in [1.165, 1.54) is 24.5 Å². The maximum absolute atomic E-state index is 14.2. The molecule has 3 N–H and O–H groups in total. The van der Waals surface area contributed by atoms with Crippen molar-refractivity contribution in [1.29, 1.82) is 5.26 Å². The van der Waals surface area contributed by atoms with Gasteiger partial charge in [0.2, 0.25) is 5.91 Å². The van der Waals surface area contributed by atoms with Gasteiger partial charge in [-0.3, -0.25) is 9.59 Å². The number of hydrogen-bond donors (Lipinski definition) is 3. The van der Waals surface area contributed by atoms with E-state index in [9.17, 15) is 19.2 Å². The molecule has 0 bridgehead atoms. The van der Waals surface area contributed by atoms with Crippen molar-refractivity contribution in [2.24, 2.45) is 0 Å². The fourth-order valence-electron chi connectivity index (χ4n) is 3.78. The Kier molecular flexibility index (Phi) is 8.24. The van der Waals surface area contributed by atoms with Crippen LogP contribution < -0.4 is 16.0 Å². The monoisotopic (exact) mass is 556 g/mol. The molecule has 0 unspecified atom stereocenters. The third-order valence-corrected chi connectivity index (χ3v) is 6.79. The van der Waals surface area contributed by atoms with Crippen molar-refractivity contribution < 1.29 is 18.4 Å². The van der Waals surface area contributed by atoms with Crippen LogP contribution >= 0.6 is 35.0 Å². The quantitative estimate of drug-likeness (QED) is 0.309. The SMILES string of the molecule is CC1=C(C(=O)Nc2ccccc2F)[C@H](c2ccco2)C(C#N)=C(SCC(=O)Nc2cc(Cl)cc(Cl)c2)N1. The molecule has 2 heterocycles. The van der Waals surface area contributed by atoms with E-state index >= 15 is 0 Å². The summed E-state index contributed by atoms with van der Waals surface area (Å²) in [6.45, 7) is 1.66. The minimum Gasteiger partial charge on any atom is -0.468 e. The Balaban J connectivity index is 1.59. The van der Waals surface area contributed by atoms with E-state index in [4.69, 9.17) is 27.6 Å². The molecule has 2 amide bonds. The normalized spacial score (nSPS) is 15.2. The van der Waals surface area contributed by atoms with Gasteiger partial charge in [-0.1, -0.05) is 47.1 Å². The van der Waals surface area contributed by atoms with Crippen molar-refractivity contribution in [1.82, 2.24) is 5.32 Å². The number of allylic oxidation sites excluding steroid dienone is 2. The molecule has 4 rings (SSSR count). The zero-order valence-electron chi connectivity index (χ0n) is 19.3. The number of halogens is 3. The zero-order chi connectivity index (χ0) is 26.5. The highest BCUT2D eigenvalue weighted by Gasteiger charge is 2.36. The molecule has 0 saturated carbocycles. The van der Waals surface area contributed by atoms with Crippen LogP contribution in [0.3, 0.4) is 0 Å². The van der Waals surface area contributed by atoms with Gasteiger partial charge < -0.3 is 20.4 Å². The minimum absolute atomic E-state index is 0.00597. The summed E-state index contributed by atoms with van der Waals surface area (Å²) in [7, 11) is 0. The smallest absolute Gasteiger partial charge is 0.254 e. The number of para-hydroxylation sites is 1. The molecule has 1 aromatic heterocycles. The van der Waals surface area contributed by atoms with Crippen LogP contribution in [0.25, 0.3) is 0 Å². The Morgan fingerprint density at radius 1 is 1.14 bits per heavy atom. The number of hydrogen-bond acceptors (Lipinski definition) is 6. The molecule has 0 radical (unpaired) electrons. The molecule has 0 saturated heterocycles. The maximum Gasteiger partial charge on any atom is 0.254 e. The van der Waals surface area contributed by atoms with Crippen LogP contribution in [0.15, 0.2) is 87.1 Å². The highest BCUT2D eigenvalue weighted by Crippen LogP contribution is 2.41. The zero-order valence-corrected chi connectivity index (χ0v) is 21.6. The van der Waals surface area contributed by atoms with E-state index < -0.39 is 17.6 Å². The average Bonchev–Trinajstić information content (AvgIpc) is 3.37. The largest absolute Gasteiger partial charge is 0.468 e. The van der Waals surface area contributed by atoms with Gasteiger partial charge in [-0.05, 0) is 49.4 Å². The van der Waals surface area contributed by atoms with Crippen molar-refractivity contribution in [2.75, 3.05) is 16.4 Å². The third-order valence-electron chi connectivity index (χ3n) is 5.34. The molecule has 7 nitrogen and oxygen atoms in total. The van der Waals surface area contributed by atoms with Gasteiger partial charge >= 0.3 is 0 Å². The van der Waals surface area contributed by atoms with E-state index in [1.54, 1.807) is 43.3 Å². The van der Waals surface area contributed by atoms with Crippen LogP contribution in [-0.2, 0) is 9.59 Å². The van der Waals surface area contributed by atoms with Gasteiger partial charge in [0.1, 0.15) is 11.6 Å². The predicted molar refractivity (Wildman–Crippen MR) is 143 cm³/mol. The van der Waals surface area contributed by atoms with E-state index in [2.05, 4.69) is 22.0 Å². The van der Waals surface area contributed by atoms with Crippen molar-refractivity contribution in [3.8, 4) is 6.07 Å². The number of nitrogens with zero attached hydrogens (tertiary/aromatic N) is 1. The number of rotatable bonds is 7. The summed E-state index contributed by atoms with van der Waals surface area (Å²) in [6, 6.07) is 15.9. The summed E-state index contributed by atoms with van der Waals surface area (Å²) in [5.74, 6) is -2.10. The van der Waals surface area contributed by atoms with Crippen molar-refractivity contribution in [3.05, 3.63) is 104 Å². The average molecular weight is 557 g/mol. The second-order valence-electron chi connectivity index (χ2n) is 7.90. The number of thioether (sulfide) groups is 1. The fraction of sp³-hybridized carbons (Fsp3) is 0.115. The Morgan fingerprint density at radius 3 is 2.51 bits per heavy atom. The molecule has 0 spiro atoms. The highest BCUT2D eigenvalue weighted by molar-refractivity contribution is 8.03. The maximum atomic E-state index is 14.2. The van der Waals surface area contributed by atoms with Gasteiger partial charge in [0.15, 0.2) is 0 Å². The lowest BCUT2D eigenvalue weighted by atomic mass is 9.85. The number of benzene rings is 2. The lowest BCUT2D eigenvalue weighted by molar-refractivity contribution is -0.114. The molecular formula is C26H19Cl2FN4O3S. The second-order valence-corrected chi connectivity index (χ2v) is 9.75. The molecule has 11 heteroatoms. The predicted octanol–water partition coefficient (Wildman–Crippen LogP) is 6.43. The number of anilines is 2. The van der Waals surface area contributed by atoms with E-state index in [0.717, 1.165) is 11.8 Å². The summed E-state index contributed by atoms with van der Waals surface area (Å²) < 4.78 is 19.8. The Morgan fingerprint density at radius 2 is 1.86 bits per heavy atom. The number of furan rings is 1. The Bertz CT molecular complexity index is 1440. The first-order valence-electron chi connectivity index (χ1n) is 10.9. The lowest BCUT2D eigenvalue weighted by Crippen LogP contribution is -2.31. The second kappa shape index (κ2) is 11.6. The molecule has 0 fully saturated rings. The van der Waals surface area contributed by atoms with Crippen LogP contribution in [0.1, 0.15) is 18.6 Å². The molecule has 188 valence electrons. The molecule has 37 heavy (non-hydrogen) atoms. The molecule has 1 aliphatic rings. The highest BCUT2D eigenvalue weighted by atomic mass is 35.5. The van der Waals surface area contributed by atoms with Gasteiger partial charge in [-0.2, -0.15) is 5.26 Å². The number of carbonyl (C=O) groups excluding carboxylic acids is 2. The van der Waals surface area contributed by atoms with Gasteiger partial charge in [0.25, 0.3) is 5.91 Å². The van der Waals surface area contributed by atoms with Crippen molar-refractivity contribution in [2.45, 2.75) is 12.8 Å². The topological polar surface area (TPSA) is 107 Å². The lowest BCUT2D eigenvalue weighted by Gasteiger charge is -2.28. The van der Waals surface area contributed by atoms with Crippen LogP contribution in [0.4, 0.5) is 15.8 Å². The minimum atomic E-state index is -0.870. The van der Waals surface area contributed by atoms with Gasteiger partial charge in [-0.25, -0.2) is 4.39 Å². The Hall–Kier alpha value is -3.71. The van der Waals surface area contributed by atoms with Crippen LogP contribution in [0.5, 0.6) is 0 Å². The summed E-state index contributed by atoms with van der Waals surface area (Å²) >= 11 is 13.1. The summed E-state index contributed by atoms with van der Waals surface area (Å²) in [5.41, 5.74) is 1.25. The first kappa shape index (κ1) is 26.4. The van der Waals surface area contributed by atoms with E-state index in [0.29, 0.717) is 32.2 Å². The summed E-state index contributed by atoms with van der Waals surface area (Å²) in [4.78, 5) is 25.9. The van der Waals surface area contributed by atoms with Crippen molar-refractivity contribution >= 4 is 58.2 Å². The molecule has 1 aliphatic heterocycles. The molecule has 3 aromatic rings. The van der Waals surface area contributed by atoms with Crippen LogP contribution in [0, 0.1) is 17.1 Å². The Labute approximate surface area is 226 Å². The summed E-state index contributed by atoms with van der Waals surface area (Å²) in [5, 5.41) is 19.6.